The smallest absolute Gasteiger partial charge is 0.235 e. The fraction of sp³-hybridized carbons (Fsp3) is 0.500. The highest BCUT2D eigenvalue weighted by Gasteiger charge is 2.13. The summed E-state index contributed by atoms with van der Waals surface area (Å²) in [7, 11) is -1.95. The molecule has 0 aliphatic rings. The van der Waals surface area contributed by atoms with Gasteiger partial charge in [0.05, 0.1) is 36.9 Å². The minimum absolute atomic E-state index is 0.00116. The van der Waals surface area contributed by atoms with E-state index in [1.165, 1.54) is 7.11 Å². The number of sulfonamides is 1. The fourth-order valence-corrected chi connectivity index (χ4v) is 2.31. The van der Waals surface area contributed by atoms with E-state index in [0.717, 1.165) is 0 Å². The Balaban J connectivity index is 2.67. The van der Waals surface area contributed by atoms with Gasteiger partial charge in [0.15, 0.2) is 0 Å². The Morgan fingerprint density at radius 3 is 2.58 bits per heavy atom. The van der Waals surface area contributed by atoms with Gasteiger partial charge in [-0.2, -0.15) is 0 Å². The van der Waals surface area contributed by atoms with Crippen molar-refractivity contribution in [2.45, 2.75) is 20.0 Å². The summed E-state index contributed by atoms with van der Waals surface area (Å²) in [5, 5.41) is 0. The van der Waals surface area contributed by atoms with Gasteiger partial charge in [-0.25, -0.2) is 8.42 Å². The summed E-state index contributed by atoms with van der Waals surface area (Å²) in [6.45, 7) is 3.84. The second kappa shape index (κ2) is 6.63. The van der Waals surface area contributed by atoms with E-state index in [1.807, 2.05) is 13.8 Å². The zero-order chi connectivity index (χ0) is 14.5. The Labute approximate surface area is 113 Å². The van der Waals surface area contributed by atoms with Crippen molar-refractivity contribution in [1.82, 2.24) is 0 Å². The molecule has 3 N–H and O–H groups in total. The van der Waals surface area contributed by atoms with Crippen LogP contribution < -0.4 is 15.2 Å². The van der Waals surface area contributed by atoms with E-state index in [2.05, 4.69) is 4.72 Å². The van der Waals surface area contributed by atoms with Crippen molar-refractivity contribution in [3.63, 3.8) is 0 Å². The first-order valence-electron chi connectivity index (χ1n) is 5.89. The van der Waals surface area contributed by atoms with Crippen LogP contribution in [0.3, 0.4) is 0 Å². The van der Waals surface area contributed by atoms with Gasteiger partial charge in [-0.15, -0.1) is 0 Å². The van der Waals surface area contributed by atoms with Crippen LogP contribution in [0.1, 0.15) is 13.8 Å². The lowest BCUT2D eigenvalue weighted by Crippen LogP contribution is -2.22. The highest BCUT2D eigenvalue weighted by Crippen LogP contribution is 2.24. The highest BCUT2D eigenvalue weighted by atomic mass is 32.2. The molecule has 0 bridgehead atoms. The van der Waals surface area contributed by atoms with Gasteiger partial charge < -0.3 is 15.2 Å². The molecule has 1 aromatic carbocycles. The second-order valence-electron chi connectivity index (χ2n) is 4.29. The van der Waals surface area contributed by atoms with E-state index in [-0.39, 0.29) is 18.5 Å². The van der Waals surface area contributed by atoms with Gasteiger partial charge in [-0.05, 0) is 26.0 Å². The third kappa shape index (κ3) is 5.35. The molecule has 0 heterocycles. The normalized spacial score (nSPS) is 11.6. The van der Waals surface area contributed by atoms with E-state index >= 15 is 0 Å². The van der Waals surface area contributed by atoms with Crippen LogP contribution in [-0.2, 0) is 14.8 Å². The first-order valence-corrected chi connectivity index (χ1v) is 7.55. The molecule has 108 valence electrons. The summed E-state index contributed by atoms with van der Waals surface area (Å²) in [4.78, 5) is 0. The van der Waals surface area contributed by atoms with Crippen molar-refractivity contribution in [3.05, 3.63) is 18.2 Å². The molecule has 7 heteroatoms. The van der Waals surface area contributed by atoms with Gasteiger partial charge >= 0.3 is 0 Å². The molecule has 1 rings (SSSR count). The van der Waals surface area contributed by atoms with Crippen LogP contribution >= 0.6 is 0 Å². The van der Waals surface area contributed by atoms with Crippen LogP contribution in [0.2, 0.25) is 0 Å². The van der Waals surface area contributed by atoms with Gasteiger partial charge in [-0.1, -0.05) is 0 Å². The predicted octanol–water partition coefficient (Wildman–Crippen LogP) is 1.44. The number of benzene rings is 1. The molecule has 0 fully saturated rings. The van der Waals surface area contributed by atoms with E-state index < -0.39 is 10.0 Å². The Bertz CT molecular complexity index is 514. The number of anilines is 2. The standard InChI is InChI=1S/C12H20N2O4S/c1-9(2)18-6-7-19(15,16)14-12-5-4-10(17-3)8-11(12)13/h4-5,8-9,14H,6-7,13H2,1-3H3. The summed E-state index contributed by atoms with van der Waals surface area (Å²) in [5.41, 5.74) is 6.39. The molecule has 1 aromatic rings. The molecule has 0 amide bonds. The number of rotatable bonds is 7. The van der Waals surface area contributed by atoms with Gasteiger partial charge in [0.25, 0.3) is 0 Å². The Morgan fingerprint density at radius 2 is 2.05 bits per heavy atom. The van der Waals surface area contributed by atoms with Crippen molar-refractivity contribution in [2.24, 2.45) is 0 Å². The molecule has 19 heavy (non-hydrogen) atoms. The monoisotopic (exact) mass is 288 g/mol. The zero-order valence-corrected chi connectivity index (χ0v) is 12.2. The van der Waals surface area contributed by atoms with Crippen molar-refractivity contribution in [3.8, 4) is 5.75 Å². The van der Waals surface area contributed by atoms with Crippen LogP contribution in [0.4, 0.5) is 11.4 Å². The number of nitrogens with one attached hydrogen (secondary N) is 1. The van der Waals surface area contributed by atoms with Crippen LogP contribution in [0.5, 0.6) is 5.75 Å². The summed E-state index contributed by atoms with van der Waals surface area (Å²) >= 11 is 0. The van der Waals surface area contributed by atoms with Crippen molar-refractivity contribution in [2.75, 3.05) is 29.9 Å². The summed E-state index contributed by atoms with van der Waals surface area (Å²) in [6, 6.07) is 4.76. The van der Waals surface area contributed by atoms with Gasteiger partial charge in [0.1, 0.15) is 5.75 Å². The maximum atomic E-state index is 11.8. The number of hydrogen-bond donors (Lipinski definition) is 2. The third-order valence-electron chi connectivity index (χ3n) is 2.33. The fourth-order valence-electron chi connectivity index (χ4n) is 1.37. The lowest BCUT2D eigenvalue weighted by atomic mass is 10.2. The molecular weight excluding hydrogens is 268 g/mol. The van der Waals surface area contributed by atoms with Gasteiger partial charge in [0, 0.05) is 6.07 Å². The summed E-state index contributed by atoms with van der Waals surface area (Å²) < 4.78 is 36.2. The highest BCUT2D eigenvalue weighted by molar-refractivity contribution is 7.92. The van der Waals surface area contributed by atoms with E-state index in [0.29, 0.717) is 17.1 Å². The van der Waals surface area contributed by atoms with E-state index in [4.69, 9.17) is 15.2 Å². The van der Waals surface area contributed by atoms with Gasteiger partial charge in [-0.3, -0.25) is 4.72 Å². The molecule has 0 aliphatic carbocycles. The SMILES string of the molecule is COc1ccc(NS(=O)(=O)CCOC(C)C)c(N)c1. The topological polar surface area (TPSA) is 90.6 Å². The molecule has 0 unspecified atom stereocenters. The average Bonchev–Trinajstić information content (AvgIpc) is 2.30. The van der Waals surface area contributed by atoms with E-state index in [9.17, 15) is 8.42 Å². The quantitative estimate of drug-likeness (QED) is 0.741. The minimum Gasteiger partial charge on any atom is -0.497 e. The maximum absolute atomic E-state index is 11.8. The summed E-state index contributed by atoms with van der Waals surface area (Å²) in [5.74, 6) is 0.458. The number of methoxy groups -OCH3 is 1. The molecule has 0 atom stereocenters. The molecule has 0 aromatic heterocycles. The van der Waals surface area contributed by atoms with Crippen LogP contribution in [0, 0.1) is 0 Å². The van der Waals surface area contributed by atoms with Gasteiger partial charge in [0.2, 0.25) is 10.0 Å². The van der Waals surface area contributed by atoms with Crippen LogP contribution in [0.15, 0.2) is 18.2 Å². The Hall–Kier alpha value is -1.47. The second-order valence-corrected chi connectivity index (χ2v) is 6.14. The minimum atomic E-state index is -3.47. The number of nitrogen functional groups attached to an aromatic ring is 1. The van der Waals surface area contributed by atoms with Crippen LogP contribution in [0.25, 0.3) is 0 Å². The molecule has 6 nitrogen and oxygen atoms in total. The molecule has 0 radical (unpaired) electrons. The number of hydrogen-bond acceptors (Lipinski definition) is 5. The third-order valence-corrected chi connectivity index (χ3v) is 3.56. The van der Waals surface area contributed by atoms with Crippen molar-refractivity contribution in [1.29, 1.82) is 0 Å². The molecule has 0 aliphatic heterocycles. The Kier molecular flexibility index (Phi) is 5.44. The molecular formula is C12H20N2O4S. The first kappa shape index (κ1) is 15.6. The number of ether oxygens (including phenoxy) is 2. The maximum Gasteiger partial charge on any atom is 0.235 e. The van der Waals surface area contributed by atoms with E-state index in [1.54, 1.807) is 18.2 Å². The van der Waals surface area contributed by atoms with Crippen molar-refractivity contribution < 1.29 is 17.9 Å². The number of nitrogens with two attached hydrogens (primary N) is 1. The molecule has 0 spiro atoms. The Morgan fingerprint density at radius 1 is 1.37 bits per heavy atom. The molecule has 0 saturated carbocycles. The summed E-state index contributed by atoms with van der Waals surface area (Å²) in [6.07, 6.45) is 0.00116. The van der Waals surface area contributed by atoms with Crippen LogP contribution in [-0.4, -0.2) is 34.0 Å². The largest absolute Gasteiger partial charge is 0.497 e. The zero-order valence-electron chi connectivity index (χ0n) is 11.3. The van der Waals surface area contributed by atoms with Crippen molar-refractivity contribution >= 4 is 21.4 Å². The lowest BCUT2D eigenvalue weighted by Gasteiger charge is -2.12. The lowest BCUT2D eigenvalue weighted by molar-refractivity contribution is 0.0913. The average molecular weight is 288 g/mol. The predicted molar refractivity (Wildman–Crippen MR) is 75.9 cm³/mol. The first-order chi connectivity index (χ1) is 8.84. The molecule has 0 saturated heterocycles.